The van der Waals surface area contributed by atoms with Crippen LogP contribution in [0.25, 0.3) is 0 Å². The molecule has 1 heterocycles. The van der Waals surface area contributed by atoms with Crippen LogP contribution in [0.3, 0.4) is 0 Å². The Balaban J connectivity index is 1.71. The van der Waals surface area contributed by atoms with E-state index in [4.69, 9.17) is 11.6 Å². The van der Waals surface area contributed by atoms with Gasteiger partial charge in [-0.2, -0.15) is 5.10 Å². The molecule has 1 aliphatic rings. The maximum absolute atomic E-state index is 12.3. The molecule has 1 aliphatic carbocycles. The van der Waals surface area contributed by atoms with Crippen LogP contribution in [0.2, 0.25) is 5.02 Å². The van der Waals surface area contributed by atoms with E-state index < -0.39 is 0 Å². The van der Waals surface area contributed by atoms with E-state index >= 15 is 0 Å². The number of nitrogens with one attached hydrogen (secondary N) is 1. The Labute approximate surface area is 122 Å². The van der Waals surface area contributed by atoms with Gasteiger partial charge in [-0.3, -0.25) is 9.89 Å². The van der Waals surface area contributed by atoms with Crippen LogP contribution in [0.5, 0.6) is 0 Å². The predicted octanol–water partition coefficient (Wildman–Crippen LogP) is 3.21. The summed E-state index contributed by atoms with van der Waals surface area (Å²) in [7, 11) is 1.76. The molecule has 1 aromatic carbocycles. The number of nitrogens with zero attached hydrogens (tertiary/aromatic N) is 2. The van der Waals surface area contributed by atoms with Gasteiger partial charge >= 0.3 is 0 Å². The van der Waals surface area contributed by atoms with Crippen molar-refractivity contribution in [2.75, 3.05) is 7.05 Å². The number of aromatic nitrogens is 2. The third kappa shape index (κ3) is 2.70. The van der Waals surface area contributed by atoms with Crippen LogP contribution in [0.15, 0.2) is 30.3 Å². The van der Waals surface area contributed by atoms with E-state index in [-0.39, 0.29) is 5.91 Å². The fourth-order valence-corrected chi connectivity index (χ4v) is 2.39. The number of aromatic amines is 1. The van der Waals surface area contributed by atoms with Crippen molar-refractivity contribution in [2.24, 2.45) is 0 Å². The smallest absolute Gasteiger partial charge is 0.274 e. The average molecular weight is 290 g/mol. The molecule has 4 nitrogen and oxygen atoms in total. The lowest BCUT2D eigenvalue weighted by Gasteiger charge is -2.16. The second kappa shape index (κ2) is 5.29. The number of H-pyrrole nitrogens is 1. The van der Waals surface area contributed by atoms with Crippen molar-refractivity contribution in [1.29, 1.82) is 0 Å². The van der Waals surface area contributed by atoms with Gasteiger partial charge in [0.2, 0.25) is 0 Å². The first-order valence-electron chi connectivity index (χ1n) is 6.69. The normalized spacial score (nSPS) is 14.3. The van der Waals surface area contributed by atoms with Gasteiger partial charge in [0.05, 0.1) is 0 Å². The standard InChI is InChI=1S/C15H16ClN3O/c1-19(9-11-4-2-3-5-12(11)16)15(20)14-8-13(17-18-14)10-6-7-10/h2-5,8,10H,6-7,9H2,1H3,(H,17,18). The summed E-state index contributed by atoms with van der Waals surface area (Å²) in [5.41, 5.74) is 2.48. The van der Waals surface area contributed by atoms with Gasteiger partial charge in [0.1, 0.15) is 5.69 Å². The molecule has 0 aliphatic heterocycles. The van der Waals surface area contributed by atoms with Crippen molar-refractivity contribution in [3.63, 3.8) is 0 Å². The zero-order valence-corrected chi connectivity index (χ0v) is 12.0. The summed E-state index contributed by atoms with van der Waals surface area (Å²) in [5, 5.41) is 7.74. The maximum atomic E-state index is 12.3. The largest absolute Gasteiger partial charge is 0.336 e. The molecule has 20 heavy (non-hydrogen) atoms. The molecule has 1 aromatic heterocycles. The Hall–Kier alpha value is -1.81. The molecular formula is C15H16ClN3O. The lowest BCUT2D eigenvalue weighted by atomic mass is 10.2. The van der Waals surface area contributed by atoms with Crippen molar-refractivity contribution < 1.29 is 4.79 Å². The minimum Gasteiger partial charge on any atom is -0.336 e. The summed E-state index contributed by atoms with van der Waals surface area (Å²) in [6.07, 6.45) is 2.37. The highest BCUT2D eigenvalue weighted by atomic mass is 35.5. The topological polar surface area (TPSA) is 49.0 Å². The molecule has 0 unspecified atom stereocenters. The highest BCUT2D eigenvalue weighted by Gasteiger charge is 2.27. The molecule has 3 rings (SSSR count). The molecule has 1 amide bonds. The number of carbonyl (C=O) groups is 1. The van der Waals surface area contributed by atoms with Gasteiger partial charge in [-0.25, -0.2) is 0 Å². The number of carbonyl (C=O) groups excluding carboxylic acids is 1. The Morgan fingerprint density at radius 3 is 2.90 bits per heavy atom. The van der Waals surface area contributed by atoms with E-state index in [2.05, 4.69) is 10.2 Å². The monoisotopic (exact) mass is 289 g/mol. The van der Waals surface area contributed by atoms with E-state index in [1.54, 1.807) is 11.9 Å². The molecule has 104 valence electrons. The zero-order chi connectivity index (χ0) is 14.1. The predicted molar refractivity (Wildman–Crippen MR) is 77.8 cm³/mol. The lowest BCUT2D eigenvalue weighted by Crippen LogP contribution is -2.26. The van der Waals surface area contributed by atoms with Crippen LogP contribution in [-0.4, -0.2) is 28.1 Å². The van der Waals surface area contributed by atoms with E-state index in [0.717, 1.165) is 11.3 Å². The molecule has 2 aromatic rings. The second-order valence-electron chi connectivity index (χ2n) is 5.24. The van der Waals surface area contributed by atoms with Crippen molar-refractivity contribution in [2.45, 2.75) is 25.3 Å². The van der Waals surface area contributed by atoms with E-state index in [1.807, 2.05) is 30.3 Å². The second-order valence-corrected chi connectivity index (χ2v) is 5.64. The van der Waals surface area contributed by atoms with Gasteiger partial charge in [0.15, 0.2) is 0 Å². The van der Waals surface area contributed by atoms with Crippen molar-refractivity contribution in [1.82, 2.24) is 15.1 Å². The average Bonchev–Trinajstić information content (AvgIpc) is 3.18. The Morgan fingerprint density at radius 2 is 2.20 bits per heavy atom. The van der Waals surface area contributed by atoms with Crippen LogP contribution in [0.4, 0.5) is 0 Å². The molecule has 0 radical (unpaired) electrons. The zero-order valence-electron chi connectivity index (χ0n) is 11.3. The lowest BCUT2D eigenvalue weighted by molar-refractivity contribution is 0.0779. The number of rotatable bonds is 4. The fraction of sp³-hybridized carbons (Fsp3) is 0.333. The van der Waals surface area contributed by atoms with Gasteiger partial charge in [0.25, 0.3) is 5.91 Å². The van der Waals surface area contributed by atoms with Gasteiger partial charge in [-0.15, -0.1) is 0 Å². The van der Waals surface area contributed by atoms with Crippen LogP contribution >= 0.6 is 11.6 Å². The Morgan fingerprint density at radius 1 is 1.45 bits per heavy atom. The highest BCUT2D eigenvalue weighted by molar-refractivity contribution is 6.31. The summed E-state index contributed by atoms with van der Waals surface area (Å²) < 4.78 is 0. The third-order valence-electron chi connectivity index (χ3n) is 3.55. The summed E-state index contributed by atoms with van der Waals surface area (Å²) >= 11 is 6.11. The molecule has 0 saturated heterocycles. The quantitative estimate of drug-likeness (QED) is 0.939. The van der Waals surface area contributed by atoms with Crippen LogP contribution in [0.1, 0.15) is 40.5 Å². The molecule has 1 saturated carbocycles. The SMILES string of the molecule is CN(Cc1ccccc1Cl)C(=O)c1cc(C2CC2)[nH]n1. The first kappa shape index (κ1) is 13.2. The van der Waals surface area contributed by atoms with Gasteiger partial charge in [-0.05, 0) is 30.5 Å². The molecule has 1 N–H and O–H groups in total. The fourth-order valence-electron chi connectivity index (χ4n) is 2.20. The number of halogens is 1. The number of hydrogen-bond donors (Lipinski definition) is 1. The third-order valence-corrected chi connectivity index (χ3v) is 3.91. The highest BCUT2D eigenvalue weighted by Crippen LogP contribution is 2.39. The van der Waals surface area contributed by atoms with Crippen molar-refractivity contribution >= 4 is 17.5 Å². The van der Waals surface area contributed by atoms with E-state index in [0.29, 0.717) is 23.2 Å². The molecular weight excluding hydrogens is 274 g/mol. The minimum absolute atomic E-state index is 0.0898. The molecule has 0 atom stereocenters. The van der Waals surface area contributed by atoms with E-state index in [9.17, 15) is 4.79 Å². The molecule has 0 bridgehead atoms. The van der Waals surface area contributed by atoms with Gasteiger partial charge in [-0.1, -0.05) is 29.8 Å². The van der Waals surface area contributed by atoms with Crippen LogP contribution in [-0.2, 0) is 6.54 Å². The minimum atomic E-state index is -0.0898. The summed E-state index contributed by atoms with van der Waals surface area (Å²) in [5.74, 6) is 0.478. The van der Waals surface area contributed by atoms with Crippen molar-refractivity contribution in [3.05, 3.63) is 52.3 Å². The molecule has 1 fully saturated rings. The maximum Gasteiger partial charge on any atom is 0.274 e. The van der Waals surface area contributed by atoms with Crippen LogP contribution < -0.4 is 0 Å². The van der Waals surface area contributed by atoms with Crippen LogP contribution in [0, 0.1) is 0 Å². The summed E-state index contributed by atoms with van der Waals surface area (Å²) in [4.78, 5) is 13.9. The summed E-state index contributed by atoms with van der Waals surface area (Å²) in [6, 6.07) is 9.41. The number of amides is 1. The summed E-state index contributed by atoms with van der Waals surface area (Å²) in [6.45, 7) is 0.476. The first-order valence-corrected chi connectivity index (χ1v) is 7.07. The number of benzene rings is 1. The molecule has 5 heteroatoms. The molecule has 0 spiro atoms. The van der Waals surface area contributed by atoms with Gasteiger partial charge in [0, 0.05) is 30.2 Å². The first-order chi connectivity index (χ1) is 9.65. The van der Waals surface area contributed by atoms with Gasteiger partial charge < -0.3 is 4.90 Å². The van der Waals surface area contributed by atoms with Crippen molar-refractivity contribution in [3.8, 4) is 0 Å². The Bertz CT molecular complexity index is 634. The Kier molecular flexibility index (Phi) is 3.49. The van der Waals surface area contributed by atoms with E-state index in [1.165, 1.54) is 12.8 Å². The number of hydrogen-bond acceptors (Lipinski definition) is 2.